The lowest BCUT2D eigenvalue weighted by atomic mass is 10.2. The minimum atomic E-state index is -4.44. The third kappa shape index (κ3) is 5.33. The molecule has 9 heteroatoms. The maximum Gasteiger partial charge on any atom is 0.416 e. The van der Waals surface area contributed by atoms with E-state index in [0.717, 1.165) is 48.2 Å². The van der Waals surface area contributed by atoms with Crippen LogP contribution in [0.1, 0.15) is 42.2 Å². The lowest BCUT2D eigenvalue weighted by Crippen LogP contribution is -2.30. The van der Waals surface area contributed by atoms with Crippen LogP contribution in [0.4, 0.5) is 23.7 Å². The first-order chi connectivity index (χ1) is 12.3. The Morgan fingerprint density at radius 3 is 2.42 bits per heavy atom. The average Bonchev–Trinajstić information content (AvgIpc) is 3.08. The van der Waals surface area contributed by atoms with Crippen LogP contribution < -0.4 is 10.6 Å². The molecule has 0 aliphatic carbocycles. The molecular formula is C17H19F3N4O2. The van der Waals surface area contributed by atoms with Gasteiger partial charge in [-0.3, -0.25) is 4.79 Å². The van der Waals surface area contributed by atoms with Gasteiger partial charge in [-0.2, -0.15) is 23.0 Å². The van der Waals surface area contributed by atoms with Crippen LogP contribution in [0.2, 0.25) is 0 Å². The summed E-state index contributed by atoms with van der Waals surface area (Å²) in [5, 5.41) is 8.99. The molecule has 6 nitrogen and oxygen atoms in total. The Morgan fingerprint density at radius 2 is 1.81 bits per heavy atom. The molecule has 0 radical (unpaired) electrons. The number of anilines is 1. The number of hydrogen-bond acceptors (Lipinski definition) is 3. The van der Waals surface area contributed by atoms with Gasteiger partial charge < -0.3 is 10.6 Å². The molecule has 0 unspecified atom stereocenters. The van der Waals surface area contributed by atoms with E-state index in [1.54, 1.807) is 0 Å². The zero-order chi connectivity index (χ0) is 19.2. The summed E-state index contributed by atoms with van der Waals surface area (Å²) in [6, 6.07) is 4.95. The predicted molar refractivity (Wildman–Crippen MR) is 89.9 cm³/mol. The van der Waals surface area contributed by atoms with E-state index >= 15 is 0 Å². The number of nitrogens with one attached hydrogen (secondary N) is 2. The smallest absolute Gasteiger partial charge is 0.336 e. The molecule has 1 aromatic heterocycles. The van der Waals surface area contributed by atoms with Crippen molar-refractivity contribution in [2.45, 2.75) is 32.4 Å². The van der Waals surface area contributed by atoms with Crippen LogP contribution in [0.5, 0.6) is 0 Å². The molecule has 0 atom stereocenters. The molecule has 0 bridgehead atoms. The first-order valence-electron chi connectivity index (χ1n) is 8.13. The lowest BCUT2D eigenvalue weighted by molar-refractivity contribution is -0.137. The second-order valence-corrected chi connectivity index (χ2v) is 5.61. The van der Waals surface area contributed by atoms with Crippen molar-refractivity contribution in [1.29, 1.82) is 0 Å². The van der Waals surface area contributed by atoms with Gasteiger partial charge in [-0.1, -0.05) is 19.8 Å². The van der Waals surface area contributed by atoms with E-state index in [9.17, 15) is 22.8 Å². The summed E-state index contributed by atoms with van der Waals surface area (Å²) in [4.78, 5) is 24.0. The number of carbonyl (C=O) groups is 2. The van der Waals surface area contributed by atoms with E-state index in [-0.39, 0.29) is 11.4 Å². The second-order valence-electron chi connectivity index (χ2n) is 5.61. The van der Waals surface area contributed by atoms with Gasteiger partial charge in [0.2, 0.25) is 0 Å². The van der Waals surface area contributed by atoms with Crippen LogP contribution in [0.15, 0.2) is 36.5 Å². The largest absolute Gasteiger partial charge is 0.416 e. The minimum Gasteiger partial charge on any atom is -0.336 e. The predicted octanol–water partition coefficient (Wildman–Crippen LogP) is 3.90. The highest BCUT2D eigenvalue weighted by Crippen LogP contribution is 2.29. The topological polar surface area (TPSA) is 76.0 Å². The summed E-state index contributed by atoms with van der Waals surface area (Å²) in [6.07, 6.45) is -0.209. The number of rotatable bonds is 6. The summed E-state index contributed by atoms with van der Waals surface area (Å²) < 4.78 is 38.6. The highest BCUT2D eigenvalue weighted by molar-refractivity contribution is 6.03. The lowest BCUT2D eigenvalue weighted by Gasteiger charge is -2.08. The molecule has 2 N–H and O–H groups in total. The van der Waals surface area contributed by atoms with Crippen LogP contribution in [-0.2, 0) is 6.18 Å². The molecule has 2 rings (SSSR count). The van der Waals surface area contributed by atoms with E-state index in [0.29, 0.717) is 6.54 Å². The van der Waals surface area contributed by atoms with Crippen LogP contribution in [-0.4, -0.2) is 28.3 Å². The van der Waals surface area contributed by atoms with Crippen molar-refractivity contribution in [3.8, 4) is 0 Å². The van der Waals surface area contributed by atoms with Crippen LogP contribution >= 0.6 is 0 Å². The summed E-state index contributed by atoms with van der Waals surface area (Å²) in [6.45, 7) is 2.57. The van der Waals surface area contributed by atoms with Crippen molar-refractivity contribution in [1.82, 2.24) is 15.1 Å². The van der Waals surface area contributed by atoms with Crippen molar-refractivity contribution in [3.63, 3.8) is 0 Å². The number of carbonyl (C=O) groups excluding carboxylic acids is 2. The minimum absolute atomic E-state index is 0.0198. The van der Waals surface area contributed by atoms with Crippen molar-refractivity contribution in [2.75, 3.05) is 11.9 Å². The quantitative estimate of drug-likeness (QED) is 0.759. The highest BCUT2D eigenvalue weighted by atomic mass is 19.4. The summed E-state index contributed by atoms with van der Waals surface area (Å²) >= 11 is 0. The fourth-order valence-corrected chi connectivity index (χ4v) is 2.15. The molecule has 0 aliphatic rings. The summed E-state index contributed by atoms with van der Waals surface area (Å²) in [5.74, 6) is -0.623. The van der Waals surface area contributed by atoms with Gasteiger partial charge in [-0.25, -0.2) is 4.79 Å². The Balaban J connectivity index is 1.94. The Kier molecular flexibility index (Phi) is 6.37. The number of alkyl halides is 3. The molecule has 0 saturated heterocycles. The Labute approximate surface area is 148 Å². The van der Waals surface area contributed by atoms with Gasteiger partial charge in [0, 0.05) is 18.4 Å². The zero-order valence-electron chi connectivity index (χ0n) is 14.1. The van der Waals surface area contributed by atoms with E-state index in [4.69, 9.17) is 0 Å². The number of halogens is 3. The SMILES string of the molecule is CCCCCNC(=O)n1ccc(C(=O)Nc2ccc(C(F)(F)F)cc2)n1. The molecule has 1 aromatic carbocycles. The Morgan fingerprint density at radius 1 is 1.12 bits per heavy atom. The number of nitrogens with zero attached hydrogens (tertiary/aromatic N) is 2. The van der Waals surface area contributed by atoms with Crippen molar-refractivity contribution >= 4 is 17.6 Å². The van der Waals surface area contributed by atoms with Gasteiger partial charge in [0.15, 0.2) is 5.69 Å². The monoisotopic (exact) mass is 368 g/mol. The molecule has 26 heavy (non-hydrogen) atoms. The maximum atomic E-state index is 12.5. The molecule has 0 spiro atoms. The van der Waals surface area contributed by atoms with Crippen LogP contribution in [0, 0.1) is 0 Å². The number of hydrogen-bond donors (Lipinski definition) is 2. The van der Waals surface area contributed by atoms with Gasteiger partial charge in [0.1, 0.15) is 0 Å². The normalized spacial score (nSPS) is 11.2. The maximum absolute atomic E-state index is 12.5. The first-order valence-corrected chi connectivity index (χ1v) is 8.13. The molecule has 0 aliphatic heterocycles. The zero-order valence-corrected chi connectivity index (χ0v) is 14.1. The number of benzene rings is 1. The standard InChI is InChI=1S/C17H19F3N4O2/c1-2-3-4-10-21-16(26)24-11-9-14(23-24)15(25)22-13-7-5-12(6-8-13)17(18,19)20/h5-9,11H,2-4,10H2,1H3,(H,21,26)(H,22,25). The number of aromatic nitrogens is 2. The van der Waals surface area contributed by atoms with E-state index < -0.39 is 23.7 Å². The van der Waals surface area contributed by atoms with Crippen molar-refractivity contribution in [2.24, 2.45) is 0 Å². The van der Waals surface area contributed by atoms with Gasteiger partial charge in [0.05, 0.1) is 5.56 Å². The second kappa shape index (κ2) is 8.50. The van der Waals surface area contributed by atoms with E-state index in [1.165, 1.54) is 12.3 Å². The van der Waals surface area contributed by atoms with Crippen molar-refractivity contribution in [3.05, 3.63) is 47.8 Å². The van der Waals surface area contributed by atoms with Gasteiger partial charge in [-0.15, -0.1) is 0 Å². The van der Waals surface area contributed by atoms with Gasteiger partial charge >= 0.3 is 12.2 Å². The fourth-order valence-electron chi connectivity index (χ4n) is 2.15. The Hall–Kier alpha value is -2.84. The third-order valence-corrected chi connectivity index (χ3v) is 3.56. The van der Waals surface area contributed by atoms with Crippen LogP contribution in [0.3, 0.4) is 0 Å². The van der Waals surface area contributed by atoms with E-state index in [1.807, 2.05) is 0 Å². The molecule has 1 heterocycles. The van der Waals surface area contributed by atoms with Crippen molar-refractivity contribution < 1.29 is 22.8 Å². The third-order valence-electron chi connectivity index (χ3n) is 3.56. The average molecular weight is 368 g/mol. The fraction of sp³-hybridized carbons (Fsp3) is 0.353. The van der Waals surface area contributed by atoms with E-state index in [2.05, 4.69) is 22.7 Å². The first kappa shape index (κ1) is 19.5. The molecular weight excluding hydrogens is 349 g/mol. The number of unbranched alkanes of at least 4 members (excludes halogenated alkanes) is 2. The number of amides is 2. The molecule has 140 valence electrons. The summed E-state index contributed by atoms with van der Waals surface area (Å²) in [5.41, 5.74) is -0.630. The highest BCUT2D eigenvalue weighted by Gasteiger charge is 2.30. The van der Waals surface area contributed by atoms with Gasteiger partial charge in [-0.05, 0) is 36.8 Å². The van der Waals surface area contributed by atoms with Gasteiger partial charge in [0.25, 0.3) is 5.91 Å². The van der Waals surface area contributed by atoms with Crippen LogP contribution in [0.25, 0.3) is 0 Å². The molecule has 0 fully saturated rings. The summed E-state index contributed by atoms with van der Waals surface area (Å²) in [7, 11) is 0. The molecule has 0 saturated carbocycles. The Bertz CT molecular complexity index is 754. The molecule has 2 aromatic rings. The molecule has 2 amide bonds.